The van der Waals surface area contributed by atoms with Crippen molar-refractivity contribution in [1.82, 2.24) is 20.2 Å². The minimum absolute atomic E-state index is 0.0829. The maximum atomic E-state index is 12.5. The number of hydrogen-bond acceptors (Lipinski definition) is 6. The Labute approximate surface area is 181 Å². The van der Waals surface area contributed by atoms with Gasteiger partial charge in [0.15, 0.2) is 11.0 Å². The number of furan rings is 1. The van der Waals surface area contributed by atoms with Crippen molar-refractivity contribution in [3.05, 3.63) is 30.7 Å². The minimum atomic E-state index is -0.133. The number of aryl methyl sites for hydroxylation is 1. The zero-order chi connectivity index (χ0) is 21.5. The highest BCUT2D eigenvalue weighted by atomic mass is 32.2. The number of carbonyl (C=O) groups excluding carboxylic acids is 1. The summed E-state index contributed by atoms with van der Waals surface area (Å²) in [6, 6.07) is 1.87. The average molecular weight is 428 g/mol. The smallest absolute Gasteiger partial charge is 0.250 e. The molecule has 2 aromatic heterocycles. The normalized spacial score (nSPS) is 25.7. The Hall–Kier alpha value is -2.35. The molecule has 2 aliphatic carbocycles. The highest BCUT2D eigenvalue weighted by molar-refractivity contribution is 7.99. The highest BCUT2D eigenvalue weighted by Crippen LogP contribution is 2.63. The van der Waals surface area contributed by atoms with Gasteiger partial charge in [-0.25, -0.2) is 5.43 Å². The van der Waals surface area contributed by atoms with E-state index in [1.165, 1.54) is 18.2 Å². The predicted molar refractivity (Wildman–Crippen MR) is 118 cm³/mol. The lowest BCUT2D eigenvalue weighted by Gasteiger charge is -2.34. The third-order valence-corrected chi connectivity index (χ3v) is 8.26. The van der Waals surface area contributed by atoms with Crippen molar-refractivity contribution in [2.24, 2.45) is 21.8 Å². The summed E-state index contributed by atoms with van der Waals surface area (Å²) in [5.41, 5.74) is 5.12. The van der Waals surface area contributed by atoms with Gasteiger partial charge in [-0.05, 0) is 43.6 Å². The van der Waals surface area contributed by atoms with Crippen LogP contribution in [0.3, 0.4) is 0 Å². The second-order valence-corrected chi connectivity index (χ2v) is 9.91. The Balaban J connectivity index is 1.42. The quantitative estimate of drug-likeness (QED) is 0.401. The van der Waals surface area contributed by atoms with Crippen LogP contribution in [0.2, 0.25) is 0 Å². The van der Waals surface area contributed by atoms with Gasteiger partial charge in [0.05, 0.1) is 17.6 Å². The number of nitrogens with zero attached hydrogens (tertiary/aromatic N) is 4. The van der Waals surface area contributed by atoms with Gasteiger partial charge >= 0.3 is 0 Å². The molecule has 0 aliphatic heterocycles. The molecule has 1 amide bonds. The van der Waals surface area contributed by atoms with Gasteiger partial charge in [0.25, 0.3) is 5.91 Å². The van der Waals surface area contributed by atoms with E-state index >= 15 is 0 Å². The van der Waals surface area contributed by atoms with Crippen molar-refractivity contribution < 1.29 is 9.21 Å². The maximum absolute atomic E-state index is 12.5. The fraction of sp³-hybridized carbons (Fsp3) is 0.545. The Morgan fingerprint density at radius 2 is 2.27 bits per heavy atom. The zero-order valence-electron chi connectivity index (χ0n) is 18.1. The summed E-state index contributed by atoms with van der Waals surface area (Å²) in [5.74, 6) is 2.24. The second-order valence-electron chi connectivity index (χ2n) is 8.97. The molecule has 0 spiro atoms. The van der Waals surface area contributed by atoms with E-state index in [1.54, 1.807) is 12.3 Å². The number of hydrogen-bond donors (Lipinski definition) is 1. The van der Waals surface area contributed by atoms with E-state index in [9.17, 15) is 4.79 Å². The minimum Gasteiger partial charge on any atom is -0.469 e. The summed E-state index contributed by atoms with van der Waals surface area (Å²) in [6.07, 6.45) is 6.81. The van der Waals surface area contributed by atoms with Crippen LogP contribution in [0.25, 0.3) is 11.4 Å². The summed E-state index contributed by atoms with van der Waals surface area (Å²) in [4.78, 5) is 12.5. The van der Waals surface area contributed by atoms with Crippen LogP contribution in [-0.2, 0) is 11.3 Å². The summed E-state index contributed by atoms with van der Waals surface area (Å²) in [7, 11) is 0. The monoisotopic (exact) mass is 427 g/mol. The summed E-state index contributed by atoms with van der Waals surface area (Å²) >= 11 is 1.35. The fourth-order valence-electron chi connectivity index (χ4n) is 4.90. The number of thioether (sulfide) groups is 1. The number of amides is 1. The topological polar surface area (TPSA) is 85.3 Å². The number of aromatic nitrogens is 3. The molecule has 2 aliphatic rings. The predicted octanol–water partition coefficient (Wildman–Crippen LogP) is 4.44. The van der Waals surface area contributed by atoms with E-state index in [0.29, 0.717) is 23.4 Å². The first kappa shape index (κ1) is 20.9. The molecule has 2 heterocycles. The SMILES string of the molecule is C=CCn1c(SCC(=O)N/N=C2\CC3CCC2(C)C3(C)C)nnc1-c1ccoc1C. The van der Waals surface area contributed by atoms with Crippen molar-refractivity contribution in [2.75, 3.05) is 5.75 Å². The van der Waals surface area contributed by atoms with Gasteiger partial charge in [0.1, 0.15) is 5.76 Å². The van der Waals surface area contributed by atoms with Crippen molar-refractivity contribution in [3.63, 3.8) is 0 Å². The Kier molecular flexibility index (Phi) is 5.38. The van der Waals surface area contributed by atoms with Gasteiger partial charge in [-0.1, -0.05) is 38.6 Å². The van der Waals surface area contributed by atoms with Gasteiger partial charge in [-0.3, -0.25) is 9.36 Å². The van der Waals surface area contributed by atoms with Crippen LogP contribution < -0.4 is 5.43 Å². The van der Waals surface area contributed by atoms with Crippen LogP contribution in [0.1, 0.15) is 45.8 Å². The van der Waals surface area contributed by atoms with Gasteiger partial charge in [-0.2, -0.15) is 5.10 Å². The van der Waals surface area contributed by atoms with Crippen LogP contribution in [-0.4, -0.2) is 32.1 Å². The van der Waals surface area contributed by atoms with Crippen LogP contribution in [0, 0.1) is 23.7 Å². The van der Waals surface area contributed by atoms with Crippen LogP contribution in [0.15, 0.2) is 39.7 Å². The Bertz CT molecular complexity index is 1010. The Morgan fingerprint density at radius 3 is 2.87 bits per heavy atom. The molecule has 0 radical (unpaired) electrons. The molecule has 4 rings (SSSR count). The van der Waals surface area contributed by atoms with Gasteiger partial charge in [0.2, 0.25) is 0 Å². The third kappa shape index (κ3) is 3.31. The number of hydrazone groups is 1. The fourth-order valence-corrected chi connectivity index (χ4v) is 5.64. The van der Waals surface area contributed by atoms with E-state index in [0.717, 1.165) is 29.9 Å². The molecule has 160 valence electrons. The molecule has 2 unspecified atom stereocenters. The lowest BCUT2D eigenvalue weighted by atomic mass is 9.70. The van der Waals surface area contributed by atoms with Crippen molar-refractivity contribution in [3.8, 4) is 11.4 Å². The molecular weight excluding hydrogens is 398 g/mol. The van der Waals surface area contributed by atoms with E-state index in [1.807, 2.05) is 17.6 Å². The summed E-state index contributed by atoms with van der Waals surface area (Å²) < 4.78 is 7.33. The number of fused-ring (bicyclic) bond motifs is 2. The standard InChI is InChI=1S/C22H29N5O2S/c1-6-10-27-19(16-8-11-29-14(16)2)25-26-20(27)30-13-18(28)24-23-17-12-15-7-9-22(17,5)21(15,3)4/h6,8,11,15H,1,7,9-10,12-13H2,2-5H3,(H,24,28)/b23-17+. The second kappa shape index (κ2) is 7.72. The molecule has 7 nitrogen and oxygen atoms in total. The van der Waals surface area contributed by atoms with Crippen molar-refractivity contribution >= 4 is 23.4 Å². The largest absolute Gasteiger partial charge is 0.469 e. The summed E-state index contributed by atoms with van der Waals surface area (Å²) in [5, 5.41) is 13.8. The zero-order valence-corrected chi connectivity index (χ0v) is 18.9. The molecule has 1 N–H and O–H groups in total. The first-order valence-electron chi connectivity index (χ1n) is 10.3. The Morgan fingerprint density at radius 1 is 1.47 bits per heavy atom. The molecule has 0 aromatic carbocycles. The number of carbonyl (C=O) groups is 1. The van der Waals surface area contributed by atoms with E-state index in [-0.39, 0.29) is 22.5 Å². The van der Waals surface area contributed by atoms with Crippen molar-refractivity contribution in [1.29, 1.82) is 0 Å². The molecule has 2 bridgehead atoms. The summed E-state index contributed by atoms with van der Waals surface area (Å²) in [6.45, 7) is 13.2. The van der Waals surface area contributed by atoms with Crippen molar-refractivity contribution in [2.45, 2.75) is 58.7 Å². The van der Waals surface area contributed by atoms with E-state index in [4.69, 9.17) is 4.42 Å². The lowest BCUT2D eigenvalue weighted by Crippen LogP contribution is -2.34. The first-order chi connectivity index (χ1) is 14.3. The molecule has 8 heteroatoms. The maximum Gasteiger partial charge on any atom is 0.250 e. The van der Waals surface area contributed by atoms with Gasteiger partial charge < -0.3 is 4.42 Å². The van der Waals surface area contributed by atoms with Crippen LogP contribution >= 0.6 is 11.8 Å². The number of nitrogens with one attached hydrogen (secondary N) is 1. The van der Waals surface area contributed by atoms with E-state index < -0.39 is 0 Å². The molecule has 30 heavy (non-hydrogen) atoms. The molecular formula is C22H29N5O2S. The third-order valence-electron chi connectivity index (χ3n) is 7.29. The first-order valence-corrected chi connectivity index (χ1v) is 11.3. The number of allylic oxidation sites excluding steroid dienone is 1. The highest BCUT2D eigenvalue weighted by Gasteiger charge is 2.60. The lowest BCUT2D eigenvalue weighted by molar-refractivity contribution is -0.118. The number of rotatable bonds is 7. The van der Waals surface area contributed by atoms with Gasteiger partial charge in [-0.15, -0.1) is 16.8 Å². The van der Waals surface area contributed by atoms with Crippen LogP contribution in [0.5, 0.6) is 0 Å². The molecule has 0 saturated heterocycles. The molecule has 2 atom stereocenters. The molecule has 2 fully saturated rings. The molecule has 2 saturated carbocycles. The molecule has 2 aromatic rings. The van der Waals surface area contributed by atoms with Crippen LogP contribution in [0.4, 0.5) is 0 Å². The van der Waals surface area contributed by atoms with Gasteiger partial charge in [0, 0.05) is 17.7 Å². The average Bonchev–Trinajstić information content (AvgIpc) is 3.40. The van der Waals surface area contributed by atoms with E-state index in [2.05, 4.69) is 48.1 Å².